The molecule has 7 heteroatoms. The number of nitrogens with zero attached hydrogens (tertiary/aromatic N) is 3. The Kier molecular flexibility index (Phi) is 5.63. The van der Waals surface area contributed by atoms with Crippen LogP contribution in [-0.2, 0) is 22.6 Å². The van der Waals surface area contributed by atoms with E-state index in [0.29, 0.717) is 36.5 Å². The fourth-order valence-electron chi connectivity index (χ4n) is 3.98. The zero-order valence-electron chi connectivity index (χ0n) is 16.3. The van der Waals surface area contributed by atoms with Crippen LogP contribution in [-0.4, -0.2) is 42.1 Å². The minimum Gasteiger partial charge on any atom is -0.483 e. The number of likely N-dealkylation sites (tertiary alicyclic amines) is 1. The predicted molar refractivity (Wildman–Crippen MR) is 108 cm³/mol. The average molecular weight is 392 g/mol. The molecule has 0 radical (unpaired) electrons. The van der Waals surface area contributed by atoms with Gasteiger partial charge in [0.15, 0.2) is 6.61 Å². The molecule has 29 heavy (non-hydrogen) atoms. The van der Waals surface area contributed by atoms with Crippen LogP contribution in [0.15, 0.2) is 24.3 Å². The van der Waals surface area contributed by atoms with E-state index in [2.05, 4.69) is 11.1 Å². The number of carbonyl (C=O) groups is 1. The fourth-order valence-corrected chi connectivity index (χ4v) is 3.98. The van der Waals surface area contributed by atoms with Gasteiger partial charge in [-0.05, 0) is 25.3 Å². The summed E-state index contributed by atoms with van der Waals surface area (Å²) in [6.07, 6.45) is 3.89. The van der Waals surface area contributed by atoms with Crippen LogP contribution in [0.2, 0.25) is 0 Å². The number of hydrogen-bond acceptors (Lipinski definition) is 6. The fraction of sp³-hybridized carbons (Fsp3) is 0.409. The van der Waals surface area contributed by atoms with Crippen molar-refractivity contribution in [2.24, 2.45) is 0 Å². The van der Waals surface area contributed by atoms with E-state index in [9.17, 15) is 10.1 Å². The van der Waals surface area contributed by atoms with Gasteiger partial charge in [0.2, 0.25) is 0 Å². The summed E-state index contributed by atoms with van der Waals surface area (Å²) >= 11 is 0. The van der Waals surface area contributed by atoms with Crippen molar-refractivity contribution >= 4 is 11.7 Å². The van der Waals surface area contributed by atoms with Crippen molar-refractivity contribution in [3.63, 3.8) is 0 Å². The third kappa shape index (κ3) is 3.89. The Labute approximate surface area is 170 Å². The van der Waals surface area contributed by atoms with Crippen molar-refractivity contribution in [3.8, 4) is 22.9 Å². The van der Waals surface area contributed by atoms with Gasteiger partial charge in [-0.25, -0.2) is 4.98 Å². The lowest BCUT2D eigenvalue weighted by atomic mass is 9.92. The van der Waals surface area contributed by atoms with Gasteiger partial charge in [0.1, 0.15) is 23.2 Å². The van der Waals surface area contributed by atoms with E-state index in [0.717, 1.165) is 42.8 Å². The van der Waals surface area contributed by atoms with Crippen LogP contribution in [0.25, 0.3) is 11.1 Å². The molecule has 0 atom stereocenters. The van der Waals surface area contributed by atoms with E-state index < -0.39 is 0 Å². The first kappa shape index (κ1) is 19.2. The van der Waals surface area contributed by atoms with E-state index in [-0.39, 0.29) is 18.3 Å². The summed E-state index contributed by atoms with van der Waals surface area (Å²) in [6, 6.07) is 9.60. The maximum absolute atomic E-state index is 12.5. The van der Waals surface area contributed by atoms with Crippen molar-refractivity contribution < 1.29 is 14.3 Å². The summed E-state index contributed by atoms with van der Waals surface area (Å²) in [5.74, 6) is 0.745. The summed E-state index contributed by atoms with van der Waals surface area (Å²) in [5.41, 5.74) is 9.53. The molecule has 0 bridgehead atoms. The molecule has 1 amide bonds. The molecular formula is C22H24N4O3. The van der Waals surface area contributed by atoms with Crippen LogP contribution in [0.5, 0.6) is 5.75 Å². The Morgan fingerprint density at radius 1 is 1.28 bits per heavy atom. The summed E-state index contributed by atoms with van der Waals surface area (Å²) in [7, 11) is 0. The molecule has 0 aliphatic carbocycles. The first-order valence-corrected chi connectivity index (χ1v) is 9.98. The lowest BCUT2D eigenvalue weighted by molar-refractivity contribution is -0.134. The topological polar surface area (TPSA) is 101 Å². The van der Waals surface area contributed by atoms with Crippen molar-refractivity contribution in [2.45, 2.75) is 32.3 Å². The van der Waals surface area contributed by atoms with Gasteiger partial charge in [0.25, 0.3) is 5.91 Å². The average Bonchev–Trinajstić information content (AvgIpc) is 2.77. The second-order valence-electron chi connectivity index (χ2n) is 7.31. The molecule has 1 aromatic carbocycles. The highest BCUT2D eigenvalue weighted by Crippen LogP contribution is 2.39. The van der Waals surface area contributed by atoms with Gasteiger partial charge >= 0.3 is 0 Å². The molecular weight excluding hydrogens is 368 g/mol. The minimum atomic E-state index is -0.0296. The second-order valence-corrected chi connectivity index (χ2v) is 7.31. The first-order valence-electron chi connectivity index (χ1n) is 9.98. The molecule has 2 aromatic rings. The molecule has 150 valence electrons. The van der Waals surface area contributed by atoms with Gasteiger partial charge in [-0.15, -0.1) is 0 Å². The van der Waals surface area contributed by atoms with Crippen LogP contribution >= 0.6 is 0 Å². The molecule has 7 nitrogen and oxygen atoms in total. The molecule has 2 aliphatic rings. The van der Waals surface area contributed by atoms with Crippen LogP contribution in [0.4, 0.5) is 5.82 Å². The largest absolute Gasteiger partial charge is 0.483 e. The number of pyridine rings is 1. The number of benzene rings is 1. The number of para-hydroxylation sites is 1. The molecule has 0 spiro atoms. The van der Waals surface area contributed by atoms with Crippen molar-refractivity contribution in [2.75, 3.05) is 32.0 Å². The van der Waals surface area contributed by atoms with E-state index >= 15 is 0 Å². The number of rotatable bonds is 4. The van der Waals surface area contributed by atoms with E-state index in [4.69, 9.17) is 15.2 Å². The molecule has 1 fully saturated rings. The monoisotopic (exact) mass is 392 g/mol. The highest BCUT2D eigenvalue weighted by atomic mass is 16.5. The molecule has 4 rings (SSSR count). The third-order valence-electron chi connectivity index (χ3n) is 5.47. The highest BCUT2D eigenvalue weighted by Gasteiger charge is 2.25. The minimum absolute atomic E-state index is 0.0142. The zero-order chi connectivity index (χ0) is 20.2. The molecule has 0 unspecified atom stereocenters. The standard InChI is InChI=1S/C22H24N4O3/c23-12-16-21(17-13-28-11-8-18(17)25-22(16)24)15-6-2-3-7-19(15)29-14-20(27)26-9-4-1-5-10-26/h2-3,6-7H,1,4-5,8-11,13-14H2,(H2,24,25). The zero-order valence-corrected chi connectivity index (χ0v) is 16.3. The maximum Gasteiger partial charge on any atom is 0.260 e. The number of fused-ring (bicyclic) bond motifs is 1. The van der Waals surface area contributed by atoms with Gasteiger partial charge in [-0.2, -0.15) is 5.26 Å². The van der Waals surface area contributed by atoms with Gasteiger partial charge in [0.05, 0.1) is 18.9 Å². The predicted octanol–water partition coefficient (Wildman–Crippen LogP) is 2.67. The number of amides is 1. The Bertz CT molecular complexity index is 961. The van der Waals surface area contributed by atoms with Crippen LogP contribution in [0, 0.1) is 11.3 Å². The molecule has 2 N–H and O–H groups in total. The molecule has 3 heterocycles. The number of nitrogens with two attached hydrogens (primary N) is 1. The number of carbonyl (C=O) groups excluding carboxylic acids is 1. The number of nitrogen functional groups attached to an aromatic ring is 1. The first-order chi connectivity index (χ1) is 14.2. The molecule has 1 aromatic heterocycles. The number of aromatic nitrogens is 1. The summed E-state index contributed by atoms with van der Waals surface area (Å²) in [6.45, 7) is 2.49. The third-order valence-corrected chi connectivity index (χ3v) is 5.47. The molecule has 2 aliphatic heterocycles. The SMILES string of the molecule is N#Cc1c(N)nc2c(c1-c1ccccc1OCC(=O)N1CCCCC1)COCC2. The maximum atomic E-state index is 12.5. The Balaban J connectivity index is 1.68. The Morgan fingerprint density at radius 2 is 2.07 bits per heavy atom. The van der Waals surface area contributed by atoms with Crippen LogP contribution < -0.4 is 10.5 Å². The summed E-state index contributed by atoms with van der Waals surface area (Å²) in [4.78, 5) is 18.8. The Morgan fingerprint density at radius 3 is 2.86 bits per heavy atom. The van der Waals surface area contributed by atoms with E-state index in [1.165, 1.54) is 6.42 Å². The lowest BCUT2D eigenvalue weighted by Gasteiger charge is -2.27. The summed E-state index contributed by atoms with van der Waals surface area (Å²) in [5, 5.41) is 9.73. The lowest BCUT2D eigenvalue weighted by Crippen LogP contribution is -2.38. The number of nitriles is 1. The number of anilines is 1. The quantitative estimate of drug-likeness (QED) is 0.858. The van der Waals surface area contributed by atoms with Crippen molar-refractivity contribution in [1.82, 2.24) is 9.88 Å². The number of hydrogen-bond donors (Lipinski definition) is 1. The van der Waals surface area contributed by atoms with Crippen molar-refractivity contribution in [1.29, 1.82) is 5.26 Å². The Hall–Kier alpha value is -3.11. The molecule has 0 saturated carbocycles. The highest BCUT2D eigenvalue weighted by molar-refractivity contribution is 5.83. The number of piperidine rings is 1. The smallest absolute Gasteiger partial charge is 0.260 e. The van der Waals surface area contributed by atoms with E-state index in [1.807, 2.05) is 29.2 Å². The van der Waals surface area contributed by atoms with Gasteiger partial charge in [-0.1, -0.05) is 18.2 Å². The normalized spacial score (nSPS) is 16.0. The number of ether oxygens (including phenoxy) is 2. The van der Waals surface area contributed by atoms with Gasteiger partial charge < -0.3 is 20.1 Å². The second kappa shape index (κ2) is 8.50. The van der Waals surface area contributed by atoms with E-state index in [1.54, 1.807) is 0 Å². The molecule has 1 saturated heterocycles. The van der Waals surface area contributed by atoms with Gasteiger partial charge in [-0.3, -0.25) is 4.79 Å². The van der Waals surface area contributed by atoms with Crippen LogP contribution in [0.1, 0.15) is 36.1 Å². The summed E-state index contributed by atoms with van der Waals surface area (Å²) < 4.78 is 11.6. The van der Waals surface area contributed by atoms with Gasteiger partial charge in [0, 0.05) is 36.2 Å². The van der Waals surface area contributed by atoms with Crippen molar-refractivity contribution in [3.05, 3.63) is 41.1 Å². The van der Waals surface area contributed by atoms with Crippen LogP contribution in [0.3, 0.4) is 0 Å².